The molecule has 0 aromatic rings. The van der Waals surface area contributed by atoms with Gasteiger partial charge >= 0.3 is 5.97 Å². The molecule has 3 nitrogen and oxygen atoms in total. The van der Waals surface area contributed by atoms with E-state index in [1.54, 1.807) is 0 Å². The SMILES string of the molecule is COC(=O)[C@@H](C#N)CC1CC(C)C1. The molecule has 1 rings (SSSR count). The summed E-state index contributed by atoms with van der Waals surface area (Å²) in [6.45, 7) is 2.19. The average Bonchev–Trinajstić information content (AvgIpc) is 2.09. The van der Waals surface area contributed by atoms with Crippen LogP contribution in [-0.4, -0.2) is 13.1 Å². The van der Waals surface area contributed by atoms with Crippen molar-refractivity contribution < 1.29 is 9.53 Å². The van der Waals surface area contributed by atoms with E-state index in [-0.39, 0.29) is 5.97 Å². The number of rotatable bonds is 3. The number of hydrogen-bond acceptors (Lipinski definition) is 3. The topological polar surface area (TPSA) is 50.1 Å². The van der Waals surface area contributed by atoms with Crippen molar-refractivity contribution in [3.05, 3.63) is 0 Å². The van der Waals surface area contributed by atoms with Crippen LogP contribution < -0.4 is 0 Å². The first kappa shape index (κ1) is 10.0. The lowest BCUT2D eigenvalue weighted by atomic mass is 9.72. The molecule has 0 bridgehead atoms. The Labute approximate surface area is 78.7 Å². The first-order chi connectivity index (χ1) is 6.17. The number of hydrogen-bond donors (Lipinski definition) is 0. The van der Waals surface area contributed by atoms with Gasteiger partial charge in [-0.15, -0.1) is 0 Å². The summed E-state index contributed by atoms with van der Waals surface area (Å²) >= 11 is 0. The van der Waals surface area contributed by atoms with Crippen LogP contribution >= 0.6 is 0 Å². The molecule has 13 heavy (non-hydrogen) atoms. The lowest BCUT2D eigenvalue weighted by molar-refractivity contribution is -0.144. The van der Waals surface area contributed by atoms with E-state index in [4.69, 9.17) is 5.26 Å². The predicted octanol–water partition coefficient (Wildman–Crippen LogP) is 1.74. The Hall–Kier alpha value is -1.04. The van der Waals surface area contributed by atoms with Crippen molar-refractivity contribution in [3.8, 4) is 6.07 Å². The Morgan fingerprint density at radius 2 is 2.31 bits per heavy atom. The molecule has 0 spiro atoms. The summed E-state index contributed by atoms with van der Waals surface area (Å²) in [7, 11) is 1.33. The minimum atomic E-state index is -0.553. The number of methoxy groups -OCH3 is 1. The normalized spacial score (nSPS) is 28.4. The van der Waals surface area contributed by atoms with Crippen molar-refractivity contribution in [1.29, 1.82) is 5.26 Å². The van der Waals surface area contributed by atoms with Crippen LogP contribution in [0, 0.1) is 29.1 Å². The molecule has 0 radical (unpaired) electrons. The van der Waals surface area contributed by atoms with Crippen LogP contribution in [0.1, 0.15) is 26.2 Å². The summed E-state index contributed by atoms with van der Waals surface area (Å²) in [6, 6.07) is 1.99. The molecule has 0 saturated heterocycles. The van der Waals surface area contributed by atoms with E-state index >= 15 is 0 Å². The second-order valence-electron chi connectivity index (χ2n) is 3.88. The Bertz CT molecular complexity index is 226. The number of ether oxygens (including phenoxy) is 1. The fourth-order valence-corrected chi connectivity index (χ4v) is 1.94. The molecule has 0 aromatic heterocycles. The smallest absolute Gasteiger partial charge is 0.323 e. The van der Waals surface area contributed by atoms with E-state index in [1.807, 2.05) is 6.07 Å². The lowest BCUT2D eigenvalue weighted by Gasteiger charge is -2.33. The fraction of sp³-hybridized carbons (Fsp3) is 0.800. The zero-order chi connectivity index (χ0) is 9.84. The predicted molar refractivity (Wildman–Crippen MR) is 47.6 cm³/mol. The van der Waals surface area contributed by atoms with Gasteiger partial charge in [-0.05, 0) is 31.1 Å². The van der Waals surface area contributed by atoms with Gasteiger partial charge < -0.3 is 4.74 Å². The fourth-order valence-electron chi connectivity index (χ4n) is 1.94. The Morgan fingerprint density at radius 3 is 2.69 bits per heavy atom. The molecule has 0 unspecified atom stereocenters. The molecular formula is C10H15NO2. The maximum atomic E-state index is 11.1. The first-order valence-electron chi connectivity index (χ1n) is 4.64. The Morgan fingerprint density at radius 1 is 1.69 bits per heavy atom. The van der Waals surface area contributed by atoms with Crippen LogP contribution in [0.25, 0.3) is 0 Å². The highest BCUT2D eigenvalue weighted by atomic mass is 16.5. The molecule has 1 aliphatic rings. The van der Waals surface area contributed by atoms with E-state index < -0.39 is 5.92 Å². The molecule has 72 valence electrons. The molecule has 0 heterocycles. The van der Waals surface area contributed by atoms with E-state index in [9.17, 15) is 4.79 Å². The summed E-state index contributed by atoms with van der Waals surface area (Å²) in [5, 5.41) is 8.71. The molecule has 1 aliphatic carbocycles. The monoisotopic (exact) mass is 181 g/mol. The van der Waals surface area contributed by atoms with Crippen LogP contribution in [0.4, 0.5) is 0 Å². The maximum absolute atomic E-state index is 11.1. The van der Waals surface area contributed by atoms with Crippen molar-refractivity contribution in [2.75, 3.05) is 7.11 Å². The van der Waals surface area contributed by atoms with Gasteiger partial charge in [0.2, 0.25) is 0 Å². The molecule has 0 amide bonds. The largest absolute Gasteiger partial charge is 0.468 e. The van der Waals surface area contributed by atoms with Gasteiger partial charge in [-0.25, -0.2) is 0 Å². The van der Waals surface area contributed by atoms with Crippen molar-refractivity contribution in [2.24, 2.45) is 17.8 Å². The Kier molecular flexibility index (Phi) is 3.30. The third-order valence-corrected chi connectivity index (χ3v) is 2.68. The molecule has 1 saturated carbocycles. The molecular weight excluding hydrogens is 166 g/mol. The molecule has 0 N–H and O–H groups in total. The summed E-state index contributed by atoms with van der Waals surface area (Å²) in [4.78, 5) is 11.1. The summed E-state index contributed by atoms with van der Waals surface area (Å²) in [6.07, 6.45) is 2.97. The number of esters is 1. The average molecular weight is 181 g/mol. The second-order valence-corrected chi connectivity index (χ2v) is 3.88. The third kappa shape index (κ3) is 2.45. The molecule has 0 aliphatic heterocycles. The van der Waals surface area contributed by atoms with Gasteiger partial charge in [-0.1, -0.05) is 6.92 Å². The van der Waals surface area contributed by atoms with Gasteiger partial charge in [0, 0.05) is 0 Å². The zero-order valence-corrected chi connectivity index (χ0v) is 8.12. The van der Waals surface area contributed by atoms with Gasteiger partial charge in [0.25, 0.3) is 0 Å². The summed E-state index contributed by atoms with van der Waals surface area (Å²) in [5.74, 6) is 0.380. The van der Waals surface area contributed by atoms with E-state index in [2.05, 4.69) is 11.7 Å². The maximum Gasteiger partial charge on any atom is 0.323 e. The highest BCUT2D eigenvalue weighted by molar-refractivity contribution is 5.74. The number of carbonyl (C=O) groups is 1. The van der Waals surface area contributed by atoms with Gasteiger partial charge in [0.1, 0.15) is 5.92 Å². The van der Waals surface area contributed by atoms with Crippen molar-refractivity contribution >= 4 is 5.97 Å². The van der Waals surface area contributed by atoms with E-state index in [0.29, 0.717) is 12.3 Å². The molecule has 1 fully saturated rings. The van der Waals surface area contributed by atoms with E-state index in [1.165, 1.54) is 7.11 Å². The highest BCUT2D eigenvalue weighted by Gasteiger charge is 2.30. The first-order valence-corrected chi connectivity index (χ1v) is 4.64. The quantitative estimate of drug-likeness (QED) is 0.623. The number of carbonyl (C=O) groups excluding carboxylic acids is 1. The lowest BCUT2D eigenvalue weighted by Crippen LogP contribution is -2.26. The highest BCUT2D eigenvalue weighted by Crippen LogP contribution is 2.37. The van der Waals surface area contributed by atoms with Crippen LogP contribution in [0.3, 0.4) is 0 Å². The van der Waals surface area contributed by atoms with Crippen molar-refractivity contribution in [2.45, 2.75) is 26.2 Å². The van der Waals surface area contributed by atoms with E-state index in [0.717, 1.165) is 18.8 Å². The summed E-state index contributed by atoms with van der Waals surface area (Å²) < 4.78 is 4.54. The van der Waals surface area contributed by atoms with Crippen molar-refractivity contribution in [3.63, 3.8) is 0 Å². The minimum absolute atomic E-state index is 0.387. The van der Waals surface area contributed by atoms with Crippen LogP contribution in [0.5, 0.6) is 0 Å². The zero-order valence-electron chi connectivity index (χ0n) is 8.12. The summed E-state index contributed by atoms with van der Waals surface area (Å²) in [5.41, 5.74) is 0. The van der Waals surface area contributed by atoms with Crippen LogP contribution in [-0.2, 0) is 9.53 Å². The van der Waals surface area contributed by atoms with Gasteiger partial charge in [-0.3, -0.25) is 4.79 Å². The van der Waals surface area contributed by atoms with Crippen LogP contribution in [0.15, 0.2) is 0 Å². The van der Waals surface area contributed by atoms with Gasteiger partial charge in [-0.2, -0.15) is 5.26 Å². The molecule has 1 atom stereocenters. The third-order valence-electron chi connectivity index (χ3n) is 2.68. The number of nitrogens with zero attached hydrogens (tertiary/aromatic N) is 1. The van der Waals surface area contributed by atoms with Crippen molar-refractivity contribution in [1.82, 2.24) is 0 Å². The molecule has 3 heteroatoms. The second kappa shape index (κ2) is 4.27. The van der Waals surface area contributed by atoms with Gasteiger partial charge in [0.05, 0.1) is 13.2 Å². The standard InChI is InChI=1S/C10H15NO2/c1-7-3-8(4-7)5-9(6-11)10(12)13-2/h7-9H,3-5H2,1-2H3/t7?,8?,9-/m1/s1. The molecule has 0 aromatic carbocycles. The minimum Gasteiger partial charge on any atom is -0.468 e. The Balaban J connectivity index is 2.33. The van der Waals surface area contributed by atoms with Gasteiger partial charge in [0.15, 0.2) is 0 Å². The number of nitriles is 1. The van der Waals surface area contributed by atoms with Crippen LogP contribution in [0.2, 0.25) is 0 Å².